The van der Waals surface area contributed by atoms with Gasteiger partial charge in [0.15, 0.2) is 0 Å². The first-order chi connectivity index (χ1) is 19.1. The Morgan fingerprint density at radius 3 is 2.67 bits per heavy atom. The van der Waals surface area contributed by atoms with Crippen molar-refractivity contribution < 1.29 is 9.21 Å². The fourth-order valence-corrected chi connectivity index (χ4v) is 4.75. The van der Waals surface area contributed by atoms with E-state index in [1.165, 1.54) is 4.90 Å². The van der Waals surface area contributed by atoms with Gasteiger partial charge < -0.3 is 13.6 Å². The highest BCUT2D eigenvalue weighted by Gasteiger charge is 2.29. The number of fused-ring (bicyclic) bond motifs is 1. The van der Waals surface area contributed by atoms with E-state index in [4.69, 9.17) is 9.40 Å². The van der Waals surface area contributed by atoms with Crippen LogP contribution in [-0.4, -0.2) is 30.5 Å². The van der Waals surface area contributed by atoms with Crippen LogP contribution in [0.2, 0.25) is 0 Å². The van der Waals surface area contributed by atoms with E-state index in [0.717, 1.165) is 34.4 Å². The highest BCUT2D eigenvalue weighted by molar-refractivity contribution is 5.86. The lowest BCUT2D eigenvalue weighted by Crippen LogP contribution is -2.31. The fourth-order valence-electron chi connectivity index (χ4n) is 4.75. The Kier molecular flexibility index (Phi) is 6.19. The molecule has 4 heterocycles. The predicted molar refractivity (Wildman–Crippen MR) is 146 cm³/mol. The lowest BCUT2D eigenvalue weighted by atomic mass is 10.1. The normalized spacial score (nSPS) is 11.8. The van der Waals surface area contributed by atoms with Crippen molar-refractivity contribution in [2.24, 2.45) is 7.05 Å². The van der Waals surface area contributed by atoms with Crippen LogP contribution >= 0.6 is 0 Å². The van der Waals surface area contributed by atoms with Gasteiger partial charge in [-0.25, -0.2) is 9.97 Å². The lowest BCUT2D eigenvalue weighted by Gasteiger charge is -2.26. The van der Waals surface area contributed by atoms with Gasteiger partial charge in [-0.1, -0.05) is 18.2 Å². The minimum absolute atomic E-state index is 0.366. The van der Waals surface area contributed by atoms with E-state index in [1.54, 1.807) is 43.0 Å². The van der Waals surface area contributed by atoms with E-state index in [2.05, 4.69) is 16.0 Å². The Hall–Kier alpha value is -5.49. The minimum Gasteiger partial charge on any atom is -0.440 e. The summed E-state index contributed by atoms with van der Waals surface area (Å²) in [5, 5.41) is 10.0. The summed E-state index contributed by atoms with van der Waals surface area (Å²) in [5.41, 5.74) is 4.82. The summed E-state index contributed by atoms with van der Waals surface area (Å²) < 4.78 is 9.99. The summed E-state index contributed by atoms with van der Waals surface area (Å²) in [6.45, 7) is 0. The molecule has 6 rings (SSSR count). The van der Waals surface area contributed by atoms with Gasteiger partial charge in [-0.15, -0.1) is 0 Å². The number of nitriles is 1. The maximum atomic E-state index is 12.6. The topological polar surface area (TPSA) is 106 Å². The maximum absolute atomic E-state index is 12.6. The zero-order valence-corrected chi connectivity index (χ0v) is 21.0. The quantitative estimate of drug-likeness (QED) is 0.258. The fraction of sp³-hybridized carbons (Fsp3) is 0.100. The third kappa shape index (κ3) is 4.55. The zero-order chi connectivity index (χ0) is 26.8. The Balaban J connectivity index is 1.40. The van der Waals surface area contributed by atoms with Gasteiger partial charge in [0.25, 0.3) is 0 Å². The second-order valence-corrected chi connectivity index (χ2v) is 9.08. The van der Waals surface area contributed by atoms with Crippen molar-refractivity contribution in [2.75, 3.05) is 4.90 Å². The van der Waals surface area contributed by atoms with Crippen molar-refractivity contribution in [3.8, 4) is 23.0 Å². The molecule has 9 nitrogen and oxygen atoms in total. The molecule has 0 N–H and O–H groups in total. The van der Waals surface area contributed by atoms with Crippen molar-refractivity contribution >= 4 is 23.3 Å². The number of rotatable bonds is 8. The molecule has 1 amide bonds. The van der Waals surface area contributed by atoms with E-state index < -0.39 is 6.04 Å². The average Bonchev–Trinajstić information content (AvgIpc) is 3.73. The Bertz CT molecular complexity index is 1780. The number of hydrogen-bond donors (Lipinski definition) is 0. The number of furan rings is 1. The van der Waals surface area contributed by atoms with Crippen molar-refractivity contribution in [1.29, 1.82) is 5.26 Å². The molecule has 190 valence electrons. The SMILES string of the molecule is Cn1c(-c2ccc(-n3ccnc3)cc2)cnc1[C@H](Cc1ccccn1)N(C=O)c1cc2cc(C#N)ccc2o1. The number of aromatic nitrogens is 5. The van der Waals surface area contributed by atoms with Gasteiger partial charge in [0, 0.05) is 54.9 Å². The minimum atomic E-state index is -0.502. The van der Waals surface area contributed by atoms with Crippen LogP contribution in [0.4, 0.5) is 5.88 Å². The first-order valence-electron chi connectivity index (χ1n) is 12.3. The number of anilines is 1. The van der Waals surface area contributed by atoms with Crippen LogP contribution in [0.5, 0.6) is 0 Å². The Morgan fingerprint density at radius 2 is 1.95 bits per heavy atom. The van der Waals surface area contributed by atoms with E-state index in [0.29, 0.717) is 29.3 Å². The predicted octanol–water partition coefficient (Wildman–Crippen LogP) is 5.23. The standard InChI is InChI=1S/C30H23N7O2/c1-35-27(22-6-8-25(9-7-22)36-13-12-32-19-36)18-34-30(35)26(16-24-4-2-3-11-33-24)37(20-38)29-15-23-14-21(17-31)5-10-28(23)39-29/h2-15,18-20,26H,16H2,1H3/t26-/m0/s1. The molecule has 4 aromatic heterocycles. The van der Waals surface area contributed by atoms with Crippen LogP contribution in [0.1, 0.15) is 23.1 Å². The summed E-state index contributed by atoms with van der Waals surface area (Å²) in [6, 6.07) is 22.4. The number of pyridine rings is 1. The third-order valence-electron chi connectivity index (χ3n) is 6.75. The molecule has 9 heteroatoms. The molecule has 0 spiro atoms. The number of nitrogens with zero attached hydrogens (tertiary/aromatic N) is 7. The van der Waals surface area contributed by atoms with Gasteiger partial charge >= 0.3 is 0 Å². The van der Waals surface area contributed by atoms with Crippen LogP contribution in [0.25, 0.3) is 27.9 Å². The second kappa shape index (κ2) is 10.1. The summed E-state index contributed by atoms with van der Waals surface area (Å²) in [7, 11) is 1.94. The maximum Gasteiger partial charge on any atom is 0.217 e. The Morgan fingerprint density at radius 1 is 1.08 bits per heavy atom. The first kappa shape index (κ1) is 23.9. The molecule has 0 aliphatic carbocycles. The molecular weight excluding hydrogens is 490 g/mol. The monoisotopic (exact) mass is 513 g/mol. The molecule has 0 radical (unpaired) electrons. The van der Waals surface area contributed by atoms with Crippen molar-refractivity contribution in [3.05, 3.63) is 115 Å². The number of amides is 1. The molecule has 0 bridgehead atoms. The average molecular weight is 514 g/mol. The van der Waals surface area contributed by atoms with E-state index in [1.807, 2.05) is 71.0 Å². The van der Waals surface area contributed by atoms with Gasteiger partial charge in [-0.05, 0) is 48.0 Å². The first-order valence-corrected chi connectivity index (χ1v) is 12.3. The smallest absolute Gasteiger partial charge is 0.217 e. The highest BCUT2D eigenvalue weighted by Crippen LogP contribution is 2.34. The van der Waals surface area contributed by atoms with Crippen LogP contribution in [0.3, 0.4) is 0 Å². The number of benzene rings is 2. The molecule has 0 unspecified atom stereocenters. The Labute approximate surface area is 224 Å². The van der Waals surface area contributed by atoms with Crippen LogP contribution in [-0.2, 0) is 18.3 Å². The molecule has 0 fully saturated rings. The van der Waals surface area contributed by atoms with Gasteiger partial charge in [0.2, 0.25) is 12.3 Å². The van der Waals surface area contributed by atoms with Gasteiger partial charge in [0.05, 0.1) is 29.9 Å². The third-order valence-corrected chi connectivity index (χ3v) is 6.75. The molecule has 39 heavy (non-hydrogen) atoms. The van der Waals surface area contributed by atoms with E-state index >= 15 is 0 Å². The number of imidazole rings is 2. The highest BCUT2D eigenvalue weighted by atomic mass is 16.4. The summed E-state index contributed by atoms with van der Waals surface area (Å²) in [5.74, 6) is 1.05. The van der Waals surface area contributed by atoms with Gasteiger partial charge in [0.1, 0.15) is 17.4 Å². The van der Waals surface area contributed by atoms with E-state index in [-0.39, 0.29) is 0 Å². The zero-order valence-electron chi connectivity index (χ0n) is 21.0. The van der Waals surface area contributed by atoms with Crippen LogP contribution in [0, 0.1) is 11.3 Å². The molecule has 0 aliphatic rings. The number of carbonyl (C=O) groups is 1. The molecule has 2 aromatic carbocycles. The molecule has 6 aromatic rings. The molecule has 0 aliphatic heterocycles. The van der Waals surface area contributed by atoms with Crippen molar-refractivity contribution in [2.45, 2.75) is 12.5 Å². The van der Waals surface area contributed by atoms with Crippen LogP contribution in [0.15, 0.2) is 102 Å². The molecule has 0 saturated heterocycles. The number of hydrogen-bond acceptors (Lipinski definition) is 6. The number of carbonyl (C=O) groups excluding carboxylic acids is 1. The van der Waals surface area contributed by atoms with Gasteiger partial charge in [-0.3, -0.25) is 14.7 Å². The van der Waals surface area contributed by atoms with Crippen molar-refractivity contribution in [1.82, 2.24) is 24.1 Å². The lowest BCUT2D eigenvalue weighted by molar-refractivity contribution is -0.108. The summed E-state index contributed by atoms with van der Waals surface area (Å²) in [4.78, 5) is 27.5. The molecular formula is C30H23N7O2. The largest absolute Gasteiger partial charge is 0.440 e. The molecule has 0 saturated carbocycles. The van der Waals surface area contributed by atoms with Crippen molar-refractivity contribution in [3.63, 3.8) is 0 Å². The molecule has 1 atom stereocenters. The van der Waals surface area contributed by atoms with Gasteiger partial charge in [-0.2, -0.15) is 5.26 Å². The summed E-state index contributed by atoms with van der Waals surface area (Å²) in [6.07, 6.45) is 10.1. The van der Waals surface area contributed by atoms with E-state index in [9.17, 15) is 10.1 Å². The second-order valence-electron chi connectivity index (χ2n) is 9.08. The van der Waals surface area contributed by atoms with Crippen LogP contribution < -0.4 is 4.90 Å². The summed E-state index contributed by atoms with van der Waals surface area (Å²) >= 11 is 0.